The number of pyridine rings is 1. The maximum Gasteiger partial charge on any atom is 0.169 e. The first-order valence-electron chi connectivity index (χ1n) is 7.53. The largest absolute Gasteiger partial charge is 0.343 e. The third kappa shape index (κ3) is 2.81. The summed E-state index contributed by atoms with van der Waals surface area (Å²) in [6.07, 6.45) is 8.54. The number of aromatic nitrogens is 2. The molecule has 2 aromatic heterocycles. The van der Waals surface area contributed by atoms with Gasteiger partial charge in [0.1, 0.15) is 7.05 Å². The Hall–Kier alpha value is -2.00. The van der Waals surface area contributed by atoms with Gasteiger partial charge in [-0.05, 0) is 18.6 Å². The Labute approximate surface area is 137 Å². The van der Waals surface area contributed by atoms with Gasteiger partial charge in [0, 0.05) is 46.6 Å². The monoisotopic (exact) mass is 309 g/mol. The van der Waals surface area contributed by atoms with Crippen molar-refractivity contribution in [2.75, 3.05) is 5.75 Å². The summed E-state index contributed by atoms with van der Waals surface area (Å²) in [6.45, 7) is 3.12. The van der Waals surface area contributed by atoms with Gasteiger partial charge in [0.2, 0.25) is 0 Å². The molecule has 0 radical (unpaired) electrons. The third-order valence-corrected chi connectivity index (χ3v) is 4.25. The number of aryl methyl sites for hydroxylation is 2. The van der Waals surface area contributed by atoms with Gasteiger partial charge in [0.15, 0.2) is 12.4 Å². The number of hydrogen-bond acceptors (Lipinski definition) is 1. The van der Waals surface area contributed by atoms with Gasteiger partial charge in [-0.15, -0.1) is 0 Å². The van der Waals surface area contributed by atoms with Gasteiger partial charge in [-0.1, -0.05) is 30.4 Å². The summed E-state index contributed by atoms with van der Waals surface area (Å²) in [5.41, 5.74) is 5.09. The quantitative estimate of drug-likeness (QED) is 0.553. The lowest BCUT2D eigenvalue weighted by Crippen LogP contribution is -2.25. The second-order valence-corrected chi connectivity index (χ2v) is 5.97. The van der Waals surface area contributed by atoms with E-state index in [9.17, 15) is 0 Å². The summed E-state index contributed by atoms with van der Waals surface area (Å²) < 4.78 is 4.40. The average molecular weight is 309 g/mol. The van der Waals surface area contributed by atoms with Gasteiger partial charge in [-0.3, -0.25) is 0 Å². The van der Waals surface area contributed by atoms with Crippen LogP contribution in [-0.2, 0) is 13.6 Å². The van der Waals surface area contributed by atoms with Crippen molar-refractivity contribution in [1.82, 2.24) is 4.57 Å². The van der Waals surface area contributed by atoms with E-state index in [1.165, 1.54) is 27.7 Å². The highest BCUT2D eigenvalue weighted by Gasteiger charge is 2.10. The molecule has 0 fully saturated rings. The van der Waals surface area contributed by atoms with Crippen LogP contribution >= 0.6 is 12.6 Å². The van der Waals surface area contributed by atoms with E-state index in [2.05, 4.69) is 85.1 Å². The second kappa shape index (κ2) is 6.41. The Kier molecular flexibility index (Phi) is 4.34. The molecular formula is C19H21N2S+. The van der Waals surface area contributed by atoms with E-state index >= 15 is 0 Å². The van der Waals surface area contributed by atoms with Crippen molar-refractivity contribution >= 4 is 35.7 Å². The summed E-state index contributed by atoms with van der Waals surface area (Å²) in [5, 5.41) is 1.31. The molecule has 0 amide bonds. The van der Waals surface area contributed by atoms with Crippen molar-refractivity contribution in [3.63, 3.8) is 0 Å². The highest BCUT2D eigenvalue weighted by Crippen LogP contribution is 2.27. The van der Waals surface area contributed by atoms with Crippen LogP contribution in [0.1, 0.15) is 16.8 Å². The molecule has 3 heteroatoms. The van der Waals surface area contributed by atoms with Gasteiger partial charge in [-0.25, -0.2) is 4.57 Å². The summed E-state index contributed by atoms with van der Waals surface area (Å²) in [4.78, 5) is 0. The molecule has 3 rings (SSSR count). The highest BCUT2D eigenvalue weighted by molar-refractivity contribution is 7.80. The summed E-state index contributed by atoms with van der Waals surface area (Å²) in [6, 6.07) is 12.8. The first-order valence-corrected chi connectivity index (χ1v) is 8.16. The van der Waals surface area contributed by atoms with Crippen LogP contribution < -0.4 is 4.57 Å². The van der Waals surface area contributed by atoms with E-state index in [0.717, 1.165) is 12.3 Å². The number of benzene rings is 1. The number of para-hydroxylation sites is 1. The Morgan fingerprint density at radius 2 is 1.82 bits per heavy atom. The summed E-state index contributed by atoms with van der Waals surface area (Å²) in [7, 11) is 2.03. The molecule has 0 aliphatic carbocycles. The predicted octanol–water partition coefficient (Wildman–Crippen LogP) is 3.87. The molecule has 2 nitrogen and oxygen atoms in total. The lowest BCUT2D eigenvalue weighted by Gasteiger charge is -2.05. The fraction of sp³-hybridized carbons (Fsp3) is 0.211. The number of fused-ring (bicyclic) bond motifs is 1. The van der Waals surface area contributed by atoms with E-state index < -0.39 is 0 Å². The topological polar surface area (TPSA) is 8.81 Å². The normalized spacial score (nSPS) is 11.6. The summed E-state index contributed by atoms with van der Waals surface area (Å²) in [5.74, 6) is 0.845. The molecule has 0 saturated carbocycles. The number of thiol groups is 1. The molecule has 112 valence electrons. The lowest BCUT2D eigenvalue weighted by atomic mass is 10.1. The average Bonchev–Trinajstić information content (AvgIpc) is 2.80. The van der Waals surface area contributed by atoms with Crippen molar-refractivity contribution in [3.8, 4) is 0 Å². The Balaban J connectivity index is 2.06. The molecule has 0 aliphatic heterocycles. The smallest absolute Gasteiger partial charge is 0.169 e. The first kappa shape index (κ1) is 14.9. The molecule has 0 bridgehead atoms. The molecule has 0 atom stereocenters. The van der Waals surface area contributed by atoms with E-state index in [1.54, 1.807) is 0 Å². The molecular weight excluding hydrogens is 288 g/mol. The van der Waals surface area contributed by atoms with Crippen LogP contribution in [0.15, 0.2) is 48.8 Å². The van der Waals surface area contributed by atoms with Crippen molar-refractivity contribution in [2.24, 2.45) is 7.05 Å². The summed E-state index contributed by atoms with van der Waals surface area (Å²) >= 11 is 4.39. The number of rotatable bonds is 4. The molecule has 0 aliphatic rings. The van der Waals surface area contributed by atoms with Crippen LogP contribution in [0.3, 0.4) is 0 Å². The number of nitrogens with zero attached hydrogens (tertiary/aromatic N) is 2. The minimum absolute atomic E-state index is 0.845. The molecule has 0 saturated heterocycles. The van der Waals surface area contributed by atoms with E-state index in [0.29, 0.717) is 0 Å². The molecule has 22 heavy (non-hydrogen) atoms. The molecule has 2 heterocycles. The Bertz CT molecular complexity index is 813. The molecule has 1 aromatic carbocycles. The van der Waals surface area contributed by atoms with Crippen LogP contribution in [0, 0.1) is 6.92 Å². The van der Waals surface area contributed by atoms with Crippen LogP contribution in [-0.4, -0.2) is 10.3 Å². The predicted molar refractivity (Wildman–Crippen MR) is 97.1 cm³/mol. The van der Waals surface area contributed by atoms with Gasteiger partial charge in [-0.2, -0.15) is 12.6 Å². The van der Waals surface area contributed by atoms with Crippen molar-refractivity contribution < 1.29 is 4.57 Å². The lowest BCUT2D eigenvalue weighted by molar-refractivity contribution is -0.671. The standard InChI is InChI=1S/C19H20N2S/c1-15-17(8-7-16-9-11-20(2)12-10-16)18-5-3-4-6-19(18)21(15)13-14-22/h3-12H,13-14H2,1-2H3/p+1. The van der Waals surface area contributed by atoms with Crippen molar-refractivity contribution in [3.05, 3.63) is 65.6 Å². The molecule has 0 N–H and O–H groups in total. The van der Waals surface area contributed by atoms with Gasteiger partial charge in [0.25, 0.3) is 0 Å². The minimum Gasteiger partial charge on any atom is -0.343 e. The third-order valence-electron chi connectivity index (χ3n) is 4.05. The number of hydrogen-bond donors (Lipinski definition) is 1. The molecule has 0 spiro atoms. The maximum atomic E-state index is 4.39. The molecule has 3 aromatic rings. The van der Waals surface area contributed by atoms with E-state index in [1.807, 2.05) is 11.6 Å². The first-order chi connectivity index (χ1) is 10.7. The molecule has 0 unspecified atom stereocenters. The van der Waals surface area contributed by atoms with Crippen LogP contribution in [0.25, 0.3) is 23.1 Å². The van der Waals surface area contributed by atoms with E-state index in [4.69, 9.17) is 0 Å². The Morgan fingerprint density at radius 1 is 1.09 bits per heavy atom. The fourth-order valence-electron chi connectivity index (χ4n) is 2.86. The van der Waals surface area contributed by atoms with Crippen molar-refractivity contribution in [1.29, 1.82) is 0 Å². The second-order valence-electron chi connectivity index (χ2n) is 5.52. The van der Waals surface area contributed by atoms with Gasteiger partial charge in [0.05, 0.1) is 0 Å². The van der Waals surface area contributed by atoms with Crippen LogP contribution in [0.4, 0.5) is 0 Å². The maximum absolute atomic E-state index is 4.39. The zero-order chi connectivity index (χ0) is 15.5. The zero-order valence-electron chi connectivity index (χ0n) is 13.0. The van der Waals surface area contributed by atoms with Gasteiger partial charge >= 0.3 is 0 Å². The van der Waals surface area contributed by atoms with Gasteiger partial charge < -0.3 is 4.57 Å². The SMILES string of the molecule is Cc1c(/C=C/c2cc[n+](C)cc2)c2ccccc2n1CCS. The highest BCUT2D eigenvalue weighted by atomic mass is 32.1. The zero-order valence-corrected chi connectivity index (χ0v) is 13.9. The van der Waals surface area contributed by atoms with Crippen molar-refractivity contribution in [2.45, 2.75) is 13.5 Å². The fourth-order valence-corrected chi connectivity index (χ4v) is 3.06. The van der Waals surface area contributed by atoms with Crippen LogP contribution in [0.5, 0.6) is 0 Å². The Morgan fingerprint density at radius 3 is 2.55 bits per heavy atom. The minimum atomic E-state index is 0.845. The van der Waals surface area contributed by atoms with Crippen LogP contribution in [0.2, 0.25) is 0 Å². The van der Waals surface area contributed by atoms with E-state index in [-0.39, 0.29) is 0 Å².